The van der Waals surface area contributed by atoms with Gasteiger partial charge in [-0.3, -0.25) is 0 Å². The molecule has 0 unspecified atom stereocenters. The Balaban J connectivity index is 2.24. The van der Waals surface area contributed by atoms with Crippen molar-refractivity contribution in [1.82, 2.24) is 4.98 Å². The average Bonchev–Trinajstić information content (AvgIpc) is 2.72. The number of hydrogen-bond acceptors (Lipinski definition) is 2. The Bertz CT molecular complexity index is 519. The molecule has 1 nitrogen and oxygen atoms in total. The molecule has 76 valence electrons. The Morgan fingerprint density at radius 2 is 2.27 bits per heavy atom. The first-order valence-corrected chi connectivity index (χ1v) is 6.41. The maximum Gasteiger partial charge on any atom is 0.1000 e. The summed E-state index contributed by atoms with van der Waals surface area (Å²) in [5, 5.41) is 2.54. The van der Waals surface area contributed by atoms with Gasteiger partial charge >= 0.3 is 0 Å². The highest BCUT2D eigenvalue weighted by molar-refractivity contribution is 7.99. The minimum absolute atomic E-state index is 1.10. The first-order valence-electron chi connectivity index (χ1n) is 5.42. The lowest BCUT2D eigenvalue weighted by Crippen LogP contribution is -1.88. The molecule has 0 saturated heterocycles. The summed E-state index contributed by atoms with van der Waals surface area (Å²) in [5.74, 6) is 1.19. The van der Waals surface area contributed by atoms with Crippen LogP contribution < -0.4 is 0 Å². The second-order valence-electron chi connectivity index (χ2n) is 3.93. The van der Waals surface area contributed by atoms with E-state index in [2.05, 4.69) is 31.2 Å². The molecule has 0 amide bonds. The standard InChI is InChI=1S/C13H13NS/c1-2-9-3-4-12-11(7-9)8-10-5-6-15-13(10)14-12/h3-4,7-8H,2,5-6H2,1H3. The molecule has 0 N–H and O–H groups in total. The van der Waals surface area contributed by atoms with Crippen molar-refractivity contribution < 1.29 is 0 Å². The van der Waals surface area contributed by atoms with Crippen LogP contribution >= 0.6 is 11.8 Å². The highest BCUT2D eigenvalue weighted by Crippen LogP contribution is 2.31. The fourth-order valence-corrected chi connectivity index (χ4v) is 3.06. The van der Waals surface area contributed by atoms with Gasteiger partial charge < -0.3 is 0 Å². The highest BCUT2D eigenvalue weighted by Gasteiger charge is 2.13. The van der Waals surface area contributed by atoms with Crippen molar-refractivity contribution in [3.63, 3.8) is 0 Å². The van der Waals surface area contributed by atoms with Crippen molar-refractivity contribution >= 4 is 22.7 Å². The zero-order valence-electron chi connectivity index (χ0n) is 8.79. The predicted octanol–water partition coefficient (Wildman–Crippen LogP) is 3.45. The lowest BCUT2D eigenvalue weighted by molar-refractivity contribution is 1.07. The molecule has 0 aliphatic carbocycles. The molecule has 15 heavy (non-hydrogen) atoms. The van der Waals surface area contributed by atoms with Crippen molar-refractivity contribution in [3.8, 4) is 0 Å². The fourth-order valence-electron chi connectivity index (χ4n) is 2.03. The number of rotatable bonds is 1. The van der Waals surface area contributed by atoms with Crippen molar-refractivity contribution in [2.45, 2.75) is 24.8 Å². The van der Waals surface area contributed by atoms with Crippen molar-refractivity contribution in [1.29, 1.82) is 0 Å². The van der Waals surface area contributed by atoms with Crippen LogP contribution in [0.15, 0.2) is 29.3 Å². The molecular weight excluding hydrogens is 202 g/mol. The second-order valence-corrected chi connectivity index (χ2v) is 5.02. The van der Waals surface area contributed by atoms with Gasteiger partial charge in [-0.05, 0) is 42.2 Å². The zero-order chi connectivity index (χ0) is 10.3. The van der Waals surface area contributed by atoms with E-state index in [4.69, 9.17) is 4.98 Å². The third-order valence-electron chi connectivity index (χ3n) is 2.94. The molecular formula is C13H13NS. The molecule has 2 aromatic rings. The van der Waals surface area contributed by atoms with E-state index in [1.54, 1.807) is 0 Å². The van der Waals surface area contributed by atoms with Crippen LogP contribution in [0.2, 0.25) is 0 Å². The minimum Gasteiger partial charge on any atom is -0.241 e. The lowest BCUT2D eigenvalue weighted by atomic mass is 10.1. The summed E-state index contributed by atoms with van der Waals surface area (Å²) >= 11 is 1.88. The molecule has 1 aliphatic heterocycles. The van der Waals surface area contributed by atoms with E-state index in [0.29, 0.717) is 0 Å². The normalized spacial score (nSPS) is 14.5. The number of pyridine rings is 1. The molecule has 2 heterocycles. The molecule has 0 saturated carbocycles. The summed E-state index contributed by atoms with van der Waals surface area (Å²) in [6.07, 6.45) is 2.28. The SMILES string of the molecule is CCc1ccc2nc3c(cc2c1)CCS3. The molecule has 1 aromatic heterocycles. The maximum absolute atomic E-state index is 4.69. The molecule has 0 atom stereocenters. The Morgan fingerprint density at radius 3 is 3.13 bits per heavy atom. The van der Waals surface area contributed by atoms with Crippen molar-refractivity contribution in [3.05, 3.63) is 35.4 Å². The summed E-state index contributed by atoms with van der Waals surface area (Å²) in [6, 6.07) is 8.91. The smallest absolute Gasteiger partial charge is 0.1000 e. The summed E-state index contributed by atoms with van der Waals surface area (Å²) in [7, 11) is 0. The van der Waals surface area contributed by atoms with Gasteiger partial charge in [-0.1, -0.05) is 13.0 Å². The van der Waals surface area contributed by atoms with Gasteiger partial charge in [-0.15, -0.1) is 11.8 Å². The minimum atomic E-state index is 1.10. The Kier molecular flexibility index (Phi) is 2.17. The van der Waals surface area contributed by atoms with Gasteiger partial charge in [0.2, 0.25) is 0 Å². The van der Waals surface area contributed by atoms with Crippen molar-refractivity contribution in [2.24, 2.45) is 0 Å². The number of nitrogens with zero attached hydrogens (tertiary/aromatic N) is 1. The lowest BCUT2D eigenvalue weighted by Gasteiger charge is -2.03. The van der Waals surface area contributed by atoms with Crippen LogP contribution in [-0.2, 0) is 12.8 Å². The maximum atomic E-state index is 4.69. The number of thioether (sulfide) groups is 1. The monoisotopic (exact) mass is 215 g/mol. The van der Waals surface area contributed by atoms with Gasteiger partial charge in [0, 0.05) is 11.1 Å². The summed E-state index contributed by atoms with van der Waals surface area (Å²) in [6.45, 7) is 2.19. The molecule has 0 spiro atoms. The molecule has 3 rings (SSSR count). The van der Waals surface area contributed by atoms with Gasteiger partial charge in [-0.2, -0.15) is 0 Å². The van der Waals surface area contributed by atoms with Crippen LogP contribution in [0.4, 0.5) is 0 Å². The number of aryl methyl sites for hydroxylation is 2. The summed E-state index contributed by atoms with van der Waals surface area (Å²) in [5.41, 5.74) is 3.97. The van der Waals surface area contributed by atoms with Gasteiger partial charge in [0.25, 0.3) is 0 Å². The van der Waals surface area contributed by atoms with Gasteiger partial charge in [0.05, 0.1) is 10.5 Å². The van der Waals surface area contributed by atoms with Crippen LogP contribution in [-0.4, -0.2) is 10.7 Å². The number of fused-ring (bicyclic) bond motifs is 2. The van der Waals surface area contributed by atoms with E-state index in [1.165, 1.54) is 33.7 Å². The number of aromatic nitrogens is 1. The fraction of sp³-hybridized carbons (Fsp3) is 0.308. The number of benzene rings is 1. The van der Waals surface area contributed by atoms with Crippen LogP contribution in [0.3, 0.4) is 0 Å². The van der Waals surface area contributed by atoms with Crippen LogP contribution in [0, 0.1) is 0 Å². The molecule has 0 fully saturated rings. The van der Waals surface area contributed by atoms with Gasteiger partial charge in [0.15, 0.2) is 0 Å². The highest BCUT2D eigenvalue weighted by atomic mass is 32.2. The largest absolute Gasteiger partial charge is 0.241 e. The quantitative estimate of drug-likeness (QED) is 0.722. The van der Waals surface area contributed by atoms with Gasteiger partial charge in [0.1, 0.15) is 0 Å². The van der Waals surface area contributed by atoms with Crippen LogP contribution in [0.5, 0.6) is 0 Å². The molecule has 1 aliphatic rings. The Hall–Kier alpha value is -1.02. The van der Waals surface area contributed by atoms with Crippen LogP contribution in [0.25, 0.3) is 10.9 Å². The topological polar surface area (TPSA) is 12.9 Å². The first-order chi connectivity index (χ1) is 7.36. The second kappa shape index (κ2) is 3.53. The summed E-state index contributed by atoms with van der Waals surface area (Å²) < 4.78 is 0. The van der Waals surface area contributed by atoms with Gasteiger partial charge in [-0.25, -0.2) is 4.98 Å². The van der Waals surface area contributed by atoms with Crippen molar-refractivity contribution in [2.75, 3.05) is 5.75 Å². The van der Waals surface area contributed by atoms with E-state index in [-0.39, 0.29) is 0 Å². The summed E-state index contributed by atoms with van der Waals surface area (Å²) in [4.78, 5) is 4.69. The average molecular weight is 215 g/mol. The number of hydrogen-bond donors (Lipinski definition) is 0. The van der Waals surface area contributed by atoms with Crippen LogP contribution in [0.1, 0.15) is 18.1 Å². The molecule has 0 bridgehead atoms. The molecule has 1 aromatic carbocycles. The van der Waals surface area contributed by atoms with E-state index in [1.807, 2.05) is 11.8 Å². The zero-order valence-corrected chi connectivity index (χ0v) is 9.60. The third-order valence-corrected chi connectivity index (χ3v) is 3.97. The molecule has 0 radical (unpaired) electrons. The molecule has 2 heteroatoms. The van der Waals surface area contributed by atoms with E-state index in [0.717, 1.165) is 11.9 Å². The predicted molar refractivity (Wildman–Crippen MR) is 65.5 cm³/mol. The Morgan fingerprint density at radius 1 is 1.33 bits per heavy atom. The first kappa shape index (κ1) is 9.22. The van der Waals surface area contributed by atoms with E-state index >= 15 is 0 Å². The Labute approximate surface area is 93.9 Å². The van der Waals surface area contributed by atoms with E-state index in [9.17, 15) is 0 Å². The third kappa shape index (κ3) is 1.53. The van der Waals surface area contributed by atoms with E-state index < -0.39 is 0 Å².